The lowest BCUT2D eigenvalue weighted by molar-refractivity contribution is 0.316. The van der Waals surface area contributed by atoms with Crippen LogP contribution in [0, 0.1) is 0 Å². The van der Waals surface area contributed by atoms with Gasteiger partial charge in [0.1, 0.15) is 5.01 Å². The van der Waals surface area contributed by atoms with Crippen LogP contribution in [0.5, 0.6) is 0 Å². The summed E-state index contributed by atoms with van der Waals surface area (Å²) >= 11 is 7.39. The smallest absolute Gasteiger partial charge is 0.107 e. The van der Waals surface area contributed by atoms with Crippen LogP contribution in [0.4, 0.5) is 0 Å². The van der Waals surface area contributed by atoms with Gasteiger partial charge in [-0.3, -0.25) is 4.90 Å². The number of rotatable bonds is 4. The molecule has 1 aromatic heterocycles. The molecule has 0 spiro atoms. The molecule has 72 valence electrons. The average Bonchev–Trinajstić information content (AvgIpc) is 2.88. The third-order valence-corrected chi connectivity index (χ3v) is 3.45. The largest absolute Gasteiger partial charge is 0.297 e. The second-order valence-corrected chi connectivity index (χ2v) is 4.72. The van der Waals surface area contributed by atoms with E-state index in [0.717, 1.165) is 18.3 Å². The van der Waals surface area contributed by atoms with Gasteiger partial charge in [0.05, 0.1) is 18.1 Å². The summed E-state index contributed by atoms with van der Waals surface area (Å²) in [5.41, 5.74) is 1.01. The van der Waals surface area contributed by atoms with Crippen molar-refractivity contribution >= 4 is 22.9 Å². The summed E-state index contributed by atoms with van der Waals surface area (Å²) in [6, 6.07) is 0.809. The van der Waals surface area contributed by atoms with Crippen molar-refractivity contribution < 1.29 is 0 Å². The zero-order valence-electron chi connectivity index (χ0n) is 7.66. The number of thiazole rings is 1. The predicted octanol–water partition coefficient (Wildman–Crippen LogP) is 2.48. The van der Waals surface area contributed by atoms with E-state index in [1.165, 1.54) is 17.8 Å². The molecule has 0 unspecified atom stereocenters. The van der Waals surface area contributed by atoms with Crippen LogP contribution in [0.3, 0.4) is 0 Å². The van der Waals surface area contributed by atoms with Crippen LogP contribution < -0.4 is 0 Å². The Bertz CT molecular complexity index is 283. The lowest BCUT2D eigenvalue weighted by Gasteiger charge is -2.12. The SMILES string of the molecule is CN(Cc1nc(CCl)cs1)C1CC1. The number of nitrogens with zero attached hydrogens (tertiary/aromatic N) is 2. The molecule has 0 N–H and O–H groups in total. The minimum absolute atomic E-state index is 0.531. The van der Waals surface area contributed by atoms with Crippen LogP contribution in [0.2, 0.25) is 0 Å². The number of hydrogen-bond donors (Lipinski definition) is 0. The van der Waals surface area contributed by atoms with E-state index in [9.17, 15) is 0 Å². The zero-order valence-corrected chi connectivity index (χ0v) is 9.24. The van der Waals surface area contributed by atoms with E-state index >= 15 is 0 Å². The van der Waals surface area contributed by atoms with E-state index in [1.54, 1.807) is 11.3 Å². The summed E-state index contributed by atoms with van der Waals surface area (Å²) in [5.74, 6) is 0.531. The topological polar surface area (TPSA) is 16.1 Å². The second-order valence-electron chi connectivity index (χ2n) is 3.51. The Hall–Kier alpha value is -0.120. The van der Waals surface area contributed by atoms with Gasteiger partial charge < -0.3 is 0 Å². The predicted molar refractivity (Wildman–Crippen MR) is 56.2 cm³/mol. The van der Waals surface area contributed by atoms with Gasteiger partial charge in [0, 0.05) is 11.4 Å². The van der Waals surface area contributed by atoms with Gasteiger partial charge in [0.15, 0.2) is 0 Å². The monoisotopic (exact) mass is 216 g/mol. The van der Waals surface area contributed by atoms with Crippen LogP contribution in [0.1, 0.15) is 23.5 Å². The van der Waals surface area contributed by atoms with E-state index < -0.39 is 0 Å². The fourth-order valence-electron chi connectivity index (χ4n) is 1.34. The molecule has 0 radical (unpaired) electrons. The molecule has 2 rings (SSSR count). The van der Waals surface area contributed by atoms with Crippen LogP contribution in [0.15, 0.2) is 5.38 Å². The maximum Gasteiger partial charge on any atom is 0.107 e. The molecule has 0 aromatic carbocycles. The second kappa shape index (κ2) is 3.95. The minimum atomic E-state index is 0.531. The van der Waals surface area contributed by atoms with Gasteiger partial charge in [-0.1, -0.05) is 0 Å². The van der Waals surface area contributed by atoms with Crippen molar-refractivity contribution in [1.29, 1.82) is 0 Å². The molecule has 0 bridgehead atoms. The van der Waals surface area contributed by atoms with Crippen molar-refractivity contribution in [3.8, 4) is 0 Å². The quantitative estimate of drug-likeness (QED) is 0.719. The first-order chi connectivity index (χ1) is 6.29. The zero-order chi connectivity index (χ0) is 9.26. The van der Waals surface area contributed by atoms with E-state index in [-0.39, 0.29) is 0 Å². The molecule has 1 aliphatic carbocycles. The summed E-state index contributed by atoms with van der Waals surface area (Å²) in [5, 5.41) is 3.23. The third kappa shape index (κ3) is 2.42. The summed E-state index contributed by atoms with van der Waals surface area (Å²) in [6.07, 6.45) is 2.70. The van der Waals surface area contributed by atoms with E-state index in [2.05, 4.69) is 16.9 Å². The first-order valence-electron chi connectivity index (χ1n) is 4.49. The molecule has 4 heteroatoms. The summed E-state index contributed by atoms with van der Waals surface area (Å²) in [7, 11) is 2.17. The molecule has 2 nitrogen and oxygen atoms in total. The highest BCUT2D eigenvalue weighted by atomic mass is 35.5. The molecule has 0 aliphatic heterocycles. The van der Waals surface area contributed by atoms with Crippen LogP contribution >= 0.6 is 22.9 Å². The standard InChI is InChI=1S/C9H13ClN2S/c1-12(8-2-3-8)5-9-11-7(4-10)6-13-9/h6,8H,2-5H2,1H3. The van der Waals surface area contributed by atoms with Crippen molar-refractivity contribution in [3.05, 3.63) is 16.1 Å². The highest BCUT2D eigenvalue weighted by Crippen LogP contribution is 2.27. The average molecular weight is 217 g/mol. The summed E-state index contributed by atoms with van der Waals surface area (Å²) < 4.78 is 0. The molecule has 1 aliphatic rings. The number of aromatic nitrogens is 1. The normalized spacial score (nSPS) is 16.8. The molecule has 1 saturated carbocycles. The Balaban J connectivity index is 1.92. The van der Waals surface area contributed by atoms with Crippen molar-refractivity contribution in [3.63, 3.8) is 0 Å². The summed E-state index contributed by atoms with van der Waals surface area (Å²) in [4.78, 5) is 6.80. The van der Waals surface area contributed by atoms with Gasteiger partial charge in [0.2, 0.25) is 0 Å². The van der Waals surface area contributed by atoms with E-state index in [4.69, 9.17) is 11.6 Å². The van der Waals surface area contributed by atoms with Crippen molar-refractivity contribution in [2.24, 2.45) is 0 Å². The molecule has 0 amide bonds. The first kappa shape index (κ1) is 9.44. The molecule has 0 saturated heterocycles. The van der Waals surface area contributed by atoms with Gasteiger partial charge in [-0.2, -0.15) is 0 Å². The molecule has 1 heterocycles. The highest BCUT2D eigenvalue weighted by molar-refractivity contribution is 7.09. The van der Waals surface area contributed by atoms with Gasteiger partial charge >= 0.3 is 0 Å². The van der Waals surface area contributed by atoms with Crippen LogP contribution in [-0.2, 0) is 12.4 Å². The number of halogens is 1. The maximum absolute atomic E-state index is 5.68. The molecule has 1 aromatic rings. The van der Waals surface area contributed by atoms with Gasteiger partial charge in [-0.15, -0.1) is 22.9 Å². The highest BCUT2D eigenvalue weighted by Gasteiger charge is 2.26. The van der Waals surface area contributed by atoms with E-state index in [0.29, 0.717) is 5.88 Å². The molecule has 13 heavy (non-hydrogen) atoms. The summed E-state index contributed by atoms with van der Waals surface area (Å²) in [6.45, 7) is 0.978. The lowest BCUT2D eigenvalue weighted by Crippen LogP contribution is -2.19. The third-order valence-electron chi connectivity index (χ3n) is 2.29. The lowest BCUT2D eigenvalue weighted by atomic mass is 10.5. The number of alkyl halides is 1. The molecular weight excluding hydrogens is 204 g/mol. The van der Waals surface area contributed by atoms with Gasteiger partial charge in [0.25, 0.3) is 0 Å². The van der Waals surface area contributed by atoms with Gasteiger partial charge in [-0.05, 0) is 19.9 Å². The Morgan fingerprint density at radius 3 is 3.00 bits per heavy atom. The Kier molecular flexibility index (Phi) is 2.86. The molecule has 0 atom stereocenters. The maximum atomic E-state index is 5.68. The minimum Gasteiger partial charge on any atom is -0.297 e. The van der Waals surface area contributed by atoms with Crippen LogP contribution in [-0.4, -0.2) is 23.0 Å². The Labute approximate surface area is 87.5 Å². The Morgan fingerprint density at radius 1 is 1.69 bits per heavy atom. The molecule has 1 fully saturated rings. The van der Waals surface area contributed by atoms with Crippen molar-refractivity contribution in [1.82, 2.24) is 9.88 Å². The van der Waals surface area contributed by atoms with Gasteiger partial charge in [-0.25, -0.2) is 4.98 Å². The first-order valence-corrected chi connectivity index (χ1v) is 5.90. The van der Waals surface area contributed by atoms with Crippen molar-refractivity contribution in [2.75, 3.05) is 7.05 Å². The molecular formula is C9H13ClN2S. The van der Waals surface area contributed by atoms with Crippen molar-refractivity contribution in [2.45, 2.75) is 31.3 Å². The fraction of sp³-hybridized carbons (Fsp3) is 0.667. The number of hydrogen-bond acceptors (Lipinski definition) is 3. The van der Waals surface area contributed by atoms with Crippen LogP contribution in [0.25, 0.3) is 0 Å². The van der Waals surface area contributed by atoms with E-state index in [1.807, 2.05) is 5.38 Å². The fourth-order valence-corrected chi connectivity index (χ4v) is 2.43. The Morgan fingerprint density at radius 2 is 2.46 bits per heavy atom.